The van der Waals surface area contributed by atoms with Crippen molar-refractivity contribution in [3.63, 3.8) is 0 Å². The minimum atomic E-state index is 0.736. The fraction of sp³-hybridized carbons (Fsp3) is 0.400. The minimum Gasteiger partial charge on any atom is -0.359 e. The second-order valence-corrected chi connectivity index (χ2v) is 7.81. The Morgan fingerprint density at radius 3 is 2.72 bits per heavy atom. The molecule has 1 saturated heterocycles. The molecule has 2 aromatic heterocycles. The number of rotatable bonds is 4. The number of thiophene rings is 1. The Bertz CT molecular complexity index is 838. The van der Waals surface area contributed by atoms with E-state index in [9.17, 15) is 0 Å². The van der Waals surface area contributed by atoms with Crippen LogP contribution < -0.4 is 4.90 Å². The monoisotopic (exact) mass is 352 g/mol. The van der Waals surface area contributed by atoms with Gasteiger partial charge in [-0.3, -0.25) is 0 Å². The van der Waals surface area contributed by atoms with E-state index < -0.39 is 0 Å². The van der Waals surface area contributed by atoms with Gasteiger partial charge in [0.05, 0.1) is 5.52 Å². The van der Waals surface area contributed by atoms with Crippen molar-refractivity contribution in [2.75, 3.05) is 38.6 Å². The molecule has 130 valence electrons. The molecule has 4 rings (SSSR count). The van der Waals surface area contributed by atoms with Gasteiger partial charge in [-0.25, -0.2) is 9.97 Å². The van der Waals surface area contributed by atoms with Crippen LogP contribution in [0.25, 0.3) is 22.3 Å². The zero-order chi connectivity index (χ0) is 17.2. The molecule has 1 fully saturated rings. The highest BCUT2D eigenvalue weighted by atomic mass is 32.1. The van der Waals surface area contributed by atoms with Gasteiger partial charge < -0.3 is 9.80 Å². The number of hydrogen-bond acceptors (Lipinski definition) is 5. The van der Waals surface area contributed by atoms with Gasteiger partial charge in [-0.05, 0) is 62.5 Å². The lowest BCUT2D eigenvalue weighted by Gasteiger charge is -2.32. The molecule has 1 aliphatic heterocycles. The SMILES string of the molecule is CN1CCC(CN(C)c2nc(-c3ccsc3)nc3ccccc23)CC1. The average Bonchev–Trinajstić information content (AvgIpc) is 3.17. The van der Waals surface area contributed by atoms with Crippen LogP contribution in [0.4, 0.5) is 5.82 Å². The molecule has 4 nitrogen and oxygen atoms in total. The van der Waals surface area contributed by atoms with Crippen molar-refractivity contribution in [2.24, 2.45) is 5.92 Å². The number of likely N-dealkylation sites (tertiary alicyclic amines) is 1. The normalized spacial score (nSPS) is 16.4. The third kappa shape index (κ3) is 3.53. The van der Waals surface area contributed by atoms with E-state index in [-0.39, 0.29) is 0 Å². The molecule has 25 heavy (non-hydrogen) atoms. The number of para-hydroxylation sites is 1. The summed E-state index contributed by atoms with van der Waals surface area (Å²) < 4.78 is 0. The first-order valence-corrected chi connectivity index (χ1v) is 9.84. The first-order chi connectivity index (χ1) is 12.2. The van der Waals surface area contributed by atoms with Crippen molar-refractivity contribution < 1.29 is 0 Å². The van der Waals surface area contributed by atoms with Gasteiger partial charge in [-0.2, -0.15) is 11.3 Å². The Balaban J connectivity index is 1.67. The zero-order valence-corrected chi connectivity index (χ0v) is 15.7. The summed E-state index contributed by atoms with van der Waals surface area (Å²) in [5, 5.41) is 5.33. The third-order valence-corrected chi connectivity index (χ3v) is 5.78. The average molecular weight is 353 g/mol. The number of anilines is 1. The second-order valence-electron chi connectivity index (χ2n) is 7.03. The predicted octanol–water partition coefficient (Wildman–Crippen LogP) is 4.14. The van der Waals surface area contributed by atoms with Crippen LogP contribution in [-0.4, -0.2) is 48.6 Å². The number of fused-ring (bicyclic) bond motifs is 1. The number of piperidine rings is 1. The molecule has 3 aromatic rings. The summed E-state index contributed by atoms with van der Waals surface area (Å²) >= 11 is 1.68. The minimum absolute atomic E-state index is 0.736. The molecule has 0 unspecified atom stereocenters. The second kappa shape index (κ2) is 7.10. The lowest BCUT2D eigenvalue weighted by molar-refractivity contribution is 0.222. The maximum Gasteiger partial charge on any atom is 0.162 e. The summed E-state index contributed by atoms with van der Waals surface area (Å²) in [6, 6.07) is 10.4. The van der Waals surface area contributed by atoms with Gasteiger partial charge in [0.1, 0.15) is 5.82 Å². The smallest absolute Gasteiger partial charge is 0.162 e. The van der Waals surface area contributed by atoms with Crippen LogP contribution in [0.5, 0.6) is 0 Å². The summed E-state index contributed by atoms with van der Waals surface area (Å²) in [7, 11) is 4.38. The molecular weight excluding hydrogens is 328 g/mol. The Morgan fingerprint density at radius 1 is 1.16 bits per heavy atom. The van der Waals surface area contributed by atoms with Crippen molar-refractivity contribution in [1.29, 1.82) is 0 Å². The van der Waals surface area contributed by atoms with Crippen LogP contribution in [0.2, 0.25) is 0 Å². The molecule has 0 N–H and O–H groups in total. The van der Waals surface area contributed by atoms with E-state index in [2.05, 4.69) is 58.9 Å². The standard InChI is InChI=1S/C20H24N4S/c1-23-10-7-15(8-11-23)13-24(2)20-17-5-3-4-6-18(17)21-19(22-20)16-9-12-25-14-16/h3-6,9,12,14-15H,7-8,10-11,13H2,1-2H3. The van der Waals surface area contributed by atoms with E-state index in [1.54, 1.807) is 11.3 Å². The van der Waals surface area contributed by atoms with Crippen LogP contribution >= 0.6 is 11.3 Å². The summed E-state index contributed by atoms with van der Waals surface area (Å²) in [6.45, 7) is 3.45. The van der Waals surface area contributed by atoms with Gasteiger partial charge in [-0.1, -0.05) is 12.1 Å². The van der Waals surface area contributed by atoms with Crippen LogP contribution in [0.1, 0.15) is 12.8 Å². The summed E-state index contributed by atoms with van der Waals surface area (Å²) in [5.41, 5.74) is 2.12. The molecule has 0 bridgehead atoms. The van der Waals surface area contributed by atoms with Gasteiger partial charge in [0.15, 0.2) is 5.82 Å². The molecule has 1 aliphatic rings. The molecule has 0 atom stereocenters. The molecule has 5 heteroatoms. The van der Waals surface area contributed by atoms with Crippen molar-refractivity contribution in [2.45, 2.75) is 12.8 Å². The maximum atomic E-state index is 4.93. The number of hydrogen-bond donors (Lipinski definition) is 0. The number of nitrogens with zero attached hydrogens (tertiary/aromatic N) is 4. The van der Waals surface area contributed by atoms with E-state index >= 15 is 0 Å². The maximum absolute atomic E-state index is 4.93. The summed E-state index contributed by atoms with van der Waals surface area (Å²) in [6.07, 6.45) is 2.53. The molecule has 0 amide bonds. The molecule has 0 spiro atoms. The van der Waals surface area contributed by atoms with E-state index in [0.29, 0.717) is 0 Å². The molecule has 0 aliphatic carbocycles. The van der Waals surface area contributed by atoms with Gasteiger partial charge in [0.2, 0.25) is 0 Å². The largest absolute Gasteiger partial charge is 0.359 e. The van der Waals surface area contributed by atoms with Crippen LogP contribution in [-0.2, 0) is 0 Å². The first-order valence-electron chi connectivity index (χ1n) is 8.90. The summed E-state index contributed by atoms with van der Waals surface area (Å²) in [4.78, 5) is 14.5. The fourth-order valence-electron chi connectivity index (χ4n) is 3.59. The number of benzene rings is 1. The van der Waals surface area contributed by atoms with Crippen molar-refractivity contribution in [3.8, 4) is 11.4 Å². The summed E-state index contributed by atoms with van der Waals surface area (Å²) in [5.74, 6) is 2.61. The molecule has 0 saturated carbocycles. The van der Waals surface area contributed by atoms with Crippen molar-refractivity contribution in [1.82, 2.24) is 14.9 Å². The van der Waals surface area contributed by atoms with E-state index in [0.717, 1.165) is 40.6 Å². The van der Waals surface area contributed by atoms with Crippen LogP contribution in [0, 0.1) is 5.92 Å². The van der Waals surface area contributed by atoms with E-state index in [1.807, 2.05) is 6.07 Å². The molecule has 0 radical (unpaired) electrons. The Labute approximate surface area is 153 Å². The van der Waals surface area contributed by atoms with E-state index in [4.69, 9.17) is 9.97 Å². The highest BCUT2D eigenvalue weighted by Crippen LogP contribution is 2.29. The predicted molar refractivity (Wildman–Crippen MR) is 106 cm³/mol. The quantitative estimate of drug-likeness (QED) is 0.706. The molecule has 1 aromatic carbocycles. The van der Waals surface area contributed by atoms with Crippen molar-refractivity contribution >= 4 is 28.1 Å². The first kappa shape index (κ1) is 16.5. The molecule has 3 heterocycles. The van der Waals surface area contributed by atoms with Crippen LogP contribution in [0.3, 0.4) is 0 Å². The Hall–Kier alpha value is -1.98. The highest BCUT2D eigenvalue weighted by Gasteiger charge is 2.20. The van der Waals surface area contributed by atoms with Gasteiger partial charge in [-0.15, -0.1) is 0 Å². The van der Waals surface area contributed by atoms with Gasteiger partial charge in [0, 0.05) is 29.9 Å². The lowest BCUT2D eigenvalue weighted by atomic mass is 9.96. The fourth-order valence-corrected chi connectivity index (χ4v) is 4.22. The third-order valence-electron chi connectivity index (χ3n) is 5.09. The van der Waals surface area contributed by atoms with Gasteiger partial charge >= 0.3 is 0 Å². The number of aromatic nitrogens is 2. The zero-order valence-electron chi connectivity index (χ0n) is 14.9. The van der Waals surface area contributed by atoms with E-state index in [1.165, 1.54) is 25.9 Å². The van der Waals surface area contributed by atoms with Crippen molar-refractivity contribution in [3.05, 3.63) is 41.1 Å². The molecular formula is C20H24N4S. The topological polar surface area (TPSA) is 32.3 Å². The lowest BCUT2D eigenvalue weighted by Crippen LogP contribution is -2.36. The van der Waals surface area contributed by atoms with Crippen LogP contribution in [0.15, 0.2) is 41.1 Å². The highest BCUT2D eigenvalue weighted by molar-refractivity contribution is 7.08. The van der Waals surface area contributed by atoms with Gasteiger partial charge in [0.25, 0.3) is 0 Å². The Kier molecular flexibility index (Phi) is 4.68. The Morgan fingerprint density at radius 2 is 1.96 bits per heavy atom.